The molecule has 3 nitrogen and oxygen atoms in total. The van der Waals surface area contributed by atoms with Crippen molar-refractivity contribution in [1.82, 2.24) is 10.2 Å². The zero-order valence-corrected chi connectivity index (χ0v) is 11.2. The average Bonchev–Trinajstić information content (AvgIpc) is 2.74. The third kappa shape index (κ3) is 2.80. The largest absolute Gasteiger partial charge is 0.494 e. The SMILES string of the molecule is CCCOc1cccc(-c2nnc(Br)s2)c1. The Bertz CT molecular complexity index is 473. The van der Waals surface area contributed by atoms with E-state index in [9.17, 15) is 0 Å². The molecule has 0 aliphatic rings. The van der Waals surface area contributed by atoms with Crippen molar-refractivity contribution >= 4 is 27.3 Å². The van der Waals surface area contributed by atoms with Gasteiger partial charge in [-0.15, -0.1) is 10.2 Å². The molecule has 0 saturated heterocycles. The van der Waals surface area contributed by atoms with Gasteiger partial charge in [-0.2, -0.15) is 0 Å². The number of hydrogen-bond donors (Lipinski definition) is 0. The lowest BCUT2D eigenvalue weighted by molar-refractivity contribution is 0.317. The van der Waals surface area contributed by atoms with Gasteiger partial charge in [0.2, 0.25) is 0 Å². The molecule has 0 unspecified atom stereocenters. The minimum absolute atomic E-state index is 0.739. The molecule has 2 rings (SSSR count). The molecule has 0 spiro atoms. The highest BCUT2D eigenvalue weighted by molar-refractivity contribution is 9.11. The zero-order chi connectivity index (χ0) is 11.4. The molecule has 16 heavy (non-hydrogen) atoms. The van der Waals surface area contributed by atoms with Gasteiger partial charge in [-0.3, -0.25) is 0 Å². The molecule has 0 aliphatic heterocycles. The molecule has 84 valence electrons. The molecule has 0 amide bonds. The first-order valence-electron chi connectivity index (χ1n) is 5.02. The van der Waals surface area contributed by atoms with E-state index in [1.807, 2.05) is 24.3 Å². The van der Waals surface area contributed by atoms with Crippen LogP contribution in [-0.4, -0.2) is 16.8 Å². The Morgan fingerprint density at radius 2 is 2.25 bits per heavy atom. The molecule has 5 heteroatoms. The van der Waals surface area contributed by atoms with Gasteiger partial charge >= 0.3 is 0 Å². The minimum atomic E-state index is 0.739. The summed E-state index contributed by atoms with van der Waals surface area (Å²) in [6, 6.07) is 7.92. The van der Waals surface area contributed by atoms with Gasteiger partial charge in [0.1, 0.15) is 10.8 Å². The number of aromatic nitrogens is 2. The average molecular weight is 299 g/mol. The van der Waals surface area contributed by atoms with Crippen LogP contribution in [0.25, 0.3) is 10.6 Å². The van der Waals surface area contributed by atoms with E-state index in [4.69, 9.17) is 4.74 Å². The number of nitrogens with zero attached hydrogens (tertiary/aromatic N) is 2. The number of halogens is 1. The van der Waals surface area contributed by atoms with Crippen molar-refractivity contribution in [2.75, 3.05) is 6.61 Å². The van der Waals surface area contributed by atoms with E-state index < -0.39 is 0 Å². The molecule has 2 aromatic rings. The van der Waals surface area contributed by atoms with Crippen LogP contribution in [0.2, 0.25) is 0 Å². The van der Waals surface area contributed by atoms with Gasteiger partial charge in [-0.05, 0) is 34.5 Å². The van der Waals surface area contributed by atoms with Crippen LogP contribution < -0.4 is 4.74 Å². The van der Waals surface area contributed by atoms with E-state index in [1.54, 1.807) is 0 Å². The predicted molar refractivity (Wildman–Crippen MR) is 68.8 cm³/mol. The molecule has 0 radical (unpaired) electrons. The van der Waals surface area contributed by atoms with Crippen molar-refractivity contribution in [3.05, 3.63) is 28.2 Å². The second-order valence-electron chi connectivity index (χ2n) is 3.24. The van der Waals surface area contributed by atoms with Gasteiger partial charge in [-0.1, -0.05) is 30.4 Å². The molecule has 0 saturated carbocycles. The van der Waals surface area contributed by atoms with Crippen LogP contribution >= 0.6 is 27.3 Å². The van der Waals surface area contributed by atoms with Gasteiger partial charge in [-0.25, -0.2) is 0 Å². The maximum Gasteiger partial charge on any atom is 0.183 e. The maximum absolute atomic E-state index is 5.57. The number of hydrogen-bond acceptors (Lipinski definition) is 4. The summed E-state index contributed by atoms with van der Waals surface area (Å²) in [6.45, 7) is 2.83. The van der Waals surface area contributed by atoms with Crippen LogP contribution in [0.1, 0.15) is 13.3 Å². The van der Waals surface area contributed by atoms with Crippen molar-refractivity contribution in [1.29, 1.82) is 0 Å². The van der Waals surface area contributed by atoms with Crippen molar-refractivity contribution in [2.24, 2.45) is 0 Å². The first-order valence-corrected chi connectivity index (χ1v) is 6.63. The highest BCUT2D eigenvalue weighted by atomic mass is 79.9. The van der Waals surface area contributed by atoms with Crippen LogP contribution in [0.4, 0.5) is 0 Å². The molecule has 0 atom stereocenters. The van der Waals surface area contributed by atoms with Crippen molar-refractivity contribution in [3.8, 4) is 16.3 Å². The van der Waals surface area contributed by atoms with Crippen LogP contribution in [0.5, 0.6) is 5.75 Å². The molecule has 1 aromatic heterocycles. The molecule has 0 bridgehead atoms. The fraction of sp³-hybridized carbons (Fsp3) is 0.273. The molecular formula is C11H11BrN2OS. The van der Waals surface area contributed by atoms with E-state index in [2.05, 4.69) is 33.1 Å². The topological polar surface area (TPSA) is 35.0 Å². The summed E-state index contributed by atoms with van der Waals surface area (Å²) in [5.74, 6) is 0.880. The molecular weight excluding hydrogens is 288 g/mol. The first kappa shape index (κ1) is 11.5. The van der Waals surface area contributed by atoms with Gasteiger partial charge in [0.25, 0.3) is 0 Å². The Morgan fingerprint density at radius 1 is 1.38 bits per heavy atom. The van der Waals surface area contributed by atoms with Crippen LogP contribution in [0, 0.1) is 0 Å². The second kappa shape index (κ2) is 5.41. The Hall–Kier alpha value is -0.940. The van der Waals surface area contributed by atoms with Crippen molar-refractivity contribution in [2.45, 2.75) is 13.3 Å². The summed E-state index contributed by atoms with van der Waals surface area (Å²) in [5.41, 5.74) is 1.04. The highest BCUT2D eigenvalue weighted by Gasteiger charge is 2.05. The highest BCUT2D eigenvalue weighted by Crippen LogP contribution is 2.28. The predicted octanol–water partition coefficient (Wildman–Crippen LogP) is 3.76. The number of ether oxygens (including phenoxy) is 1. The molecule has 1 heterocycles. The van der Waals surface area contributed by atoms with Crippen LogP contribution in [-0.2, 0) is 0 Å². The van der Waals surface area contributed by atoms with Crippen LogP contribution in [0.3, 0.4) is 0 Å². The summed E-state index contributed by atoms with van der Waals surface area (Å²) in [7, 11) is 0. The van der Waals surface area contributed by atoms with E-state index >= 15 is 0 Å². The second-order valence-corrected chi connectivity index (χ2v) is 5.49. The fourth-order valence-corrected chi connectivity index (χ4v) is 2.37. The van der Waals surface area contributed by atoms with Gasteiger partial charge in [0, 0.05) is 5.56 Å². The standard InChI is InChI=1S/C11H11BrN2OS/c1-2-6-15-9-5-3-4-8(7-9)10-13-14-11(12)16-10/h3-5,7H,2,6H2,1H3. The van der Waals surface area contributed by atoms with Crippen LogP contribution in [0.15, 0.2) is 28.2 Å². The molecule has 0 aliphatic carbocycles. The van der Waals surface area contributed by atoms with E-state index in [-0.39, 0.29) is 0 Å². The smallest absolute Gasteiger partial charge is 0.183 e. The van der Waals surface area contributed by atoms with Crippen molar-refractivity contribution < 1.29 is 4.74 Å². The third-order valence-electron chi connectivity index (χ3n) is 1.95. The Morgan fingerprint density at radius 3 is 2.94 bits per heavy atom. The molecule has 1 aromatic carbocycles. The lowest BCUT2D eigenvalue weighted by atomic mass is 10.2. The number of benzene rings is 1. The van der Waals surface area contributed by atoms with Gasteiger partial charge in [0.05, 0.1) is 6.61 Å². The fourth-order valence-electron chi connectivity index (χ4n) is 1.26. The van der Waals surface area contributed by atoms with E-state index in [1.165, 1.54) is 11.3 Å². The quantitative estimate of drug-likeness (QED) is 0.862. The Kier molecular flexibility index (Phi) is 3.90. The summed E-state index contributed by atoms with van der Waals surface area (Å²) in [4.78, 5) is 0. The normalized spacial score (nSPS) is 10.4. The van der Waals surface area contributed by atoms with Crippen molar-refractivity contribution in [3.63, 3.8) is 0 Å². The third-order valence-corrected chi connectivity index (χ3v) is 3.36. The zero-order valence-electron chi connectivity index (χ0n) is 8.81. The summed E-state index contributed by atoms with van der Waals surface area (Å²) < 4.78 is 6.36. The van der Waals surface area contributed by atoms with Gasteiger partial charge < -0.3 is 4.74 Å². The minimum Gasteiger partial charge on any atom is -0.494 e. The lowest BCUT2D eigenvalue weighted by Gasteiger charge is -2.04. The van der Waals surface area contributed by atoms with E-state index in [0.717, 1.165) is 33.3 Å². The molecule has 0 N–H and O–H groups in total. The Labute approximate surface area is 107 Å². The summed E-state index contributed by atoms with van der Waals surface area (Å²) in [5, 5.41) is 8.90. The summed E-state index contributed by atoms with van der Waals surface area (Å²) in [6.07, 6.45) is 1.01. The first-order chi connectivity index (χ1) is 7.79. The monoisotopic (exact) mass is 298 g/mol. The number of rotatable bonds is 4. The van der Waals surface area contributed by atoms with E-state index in [0.29, 0.717) is 0 Å². The Balaban J connectivity index is 2.22. The lowest BCUT2D eigenvalue weighted by Crippen LogP contribution is -1.94. The molecule has 0 fully saturated rings. The summed E-state index contributed by atoms with van der Waals surface area (Å²) >= 11 is 4.82. The maximum atomic E-state index is 5.57. The van der Waals surface area contributed by atoms with Gasteiger partial charge in [0.15, 0.2) is 3.92 Å².